The highest BCUT2D eigenvalue weighted by Gasteiger charge is 2.13. The summed E-state index contributed by atoms with van der Waals surface area (Å²) >= 11 is 1.29. The predicted octanol–water partition coefficient (Wildman–Crippen LogP) is 3.24. The monoisotopic (exact) mass is 416 g/mol. The Morgan fingerprint density at radius 2 is 1.87 bits per heavy atom. The van der Waals surface area contributed by atoms with E-state index < -0.39 is 0 Å². The number of rotatable bonds is 6. The highest BCUT2D eigenvalue weighted by atomic mass is 32.1. The average molecular weight is 417 g/mol. The van der Waals surface area contributed by atoms with E-state index in [4.69, 9.17) is 0 Å². The fourth-order valence-electron chi connectivity index (χ4n) is 2.99. The molecule has 2 aromatic carbocycles. The summed E-state index contributed by atoms with van der Waals surface area (Å²) in [5.74, 6) is 0.368. The number of hydrogen-bond acceptors (Lipinski definition) is 5. The van der Waals surface area contributed by atoms with Gasteiger partial charge in [0.25, 0.3) is 5.56 Å². The van der Waals surface area contributed by atoms with Gasteiger partial charge in [0.05, 0.1) is 4.53 Å². The van der Waals surface area contributed by atoms with Crippen molar-refractivity contribution >= 4 is 40.0 Å². The molecular formula is C23H20N4O2S. The largest absolute Gasteiger partial charge is 0.326 e. The van der Waals surface area contributed by atoms with Crippen molar-refractivity contribution in [2.24, 2.45) is 0 Å². The minimum absolute atomic E-state index is 0.129. The molecule has 0 aliphatic rings. The number of carbonyl (C=O) groups is 1. The van der Waals surface area contributed by atoms with E-state index in [2.05, 4.69) is 15.5 Å². The molecule has 0 aliphatic heterocycles. The third kappa shape index (κ3) is 4.52. The van der Waals surface area contributed by atoms with Crippen molar-refractivity contribution in [3.8, 4) is 0 Å². The number of aryl methyl sites for hydroxylation is 2. The van der Waals surface area contributed by atoms with Crippen LogP contribution in [0.4, 0.5) is 5.69 Å². The Labute approximate surface area is 177 Å². The summed E-state index contributed by atoms with van der Waals surface area (Å²) in [6.07, 6.45) is 6.13. The van der Waals surface area contributed by atoms with Gasteiger partial charge in [-0.05, 0) is 30.7 Å². The molecule has 0 unspecified atom stereocenters. The summed E-state index contributed by atoms with van der Waals surface area (Å²) < 4.78 is 2.07. The second-order valence-corrected chi connectivity index (χ2v) is 7.87. The molecule has 1 amide bonds. The lowest BCUT2D eigenvalue weighted by Gasteiger charge is -2.04. The lowest BCUT2D eigenvalue weighted by atomic mass is 10.2. The van der Waals surface area contributed by atoms with Crippen molar-refractivity contribution in [1.82, 2.24) is 14.6 Å². The fourth-order valence-corrected chi connectivity index (χ4v) is 3.87. The van der Waals surface area contributed by atoms with E-state index in [0.29, 0.717) is 21.7 Å². The van der Waals surface area contributed by atoms with Gasteiger partial charge in [0.2, 0.25) is 10.9 Å². The number of amides is 1. The van der Waals surface area contributed by atoms with Gasteiger partial charge in [0.15, 0.2) is 0 Å². The first-order chi connectivity index (χ1) is 14.6. The molecule has 0 fully saturated rings. The van der Waals surface area contributed by atoms with Gasteiger partial charge in [0, 0.05) is 18.5 Å². The van der Waals surface area contributed by atoms with Crippen LogP contribution in [0.15, 0.2) is 65.5 Å². The molecule has 0 bridgehead atoms. The number of benzene rings is 2. The van der Waals surface area contributed by atoms with Crippen LogP contribution in [-0.2, 0) is 11.2 Å². The Bertz CT molecular complexity index is 1310. The molecule has 30 heavy (non-hydrogen) atoms. The third-order valence-electron chi connectivity index (χ3n) is 4.56. The van der Waals surface area contributed by atoms with Crippen LogP contribution in [0, 0.1) is 6.92 Å². The summed E-state index contributed by atoms with van der Waals surface area (Å²) in [5, 5.41) is 11.0. The van der Waals surface area contributed by atoms with Crippen molar-refractivity contribution in [1.29, 1.82) is 0 Å². The van der Waals surface area contributed by atoms with E-state index in [-0.39, 0.29) is 17.9 Å². The lowest BCUT2D eigenvalue weighted by Crippen LogP contribution is -2.24. The normalized spacial score (nSPS) is 12.1. The topological polar surface area (TPSA) is 76.4 Å². The van der Waals surface area contributed by atoms with E-state index >= 15 is 0 Å². The van der Waals surface area contributed by atoms with E-state index in [1.54, 1.807) is 6.08 Å². The average Bonchev–Trinajstić information content (AvgIpc) is 3.29. The number of carbonyl (C=O) groups excluding carboxylic acids is 1. The SMILES string of the molecule is Cc1ccc(NC(=O)CCc2nnc3s/c(=C/C=C/c4ccccc4)c(=O)n23)cc1. The number of anilines is 1. The summed E-state index contributed by atoms with van der Waals surface area (Å²) in [6.45, 7) is 1.99. The fraction of sp³-hybridized carbons (Fsp3) is 0.130. The summed E-state index contributed by atoms with van der Waals surface area (Å²) in [5.41, 5.74) is 2.78. The maximum absolute atomic E-state index is 12.7. The molecule has 0 aliphatic carbocycles. The Balaban J connectivity index is 1.47. The van der Waals surface area contributed by atoms with Crippen LogP contribution >= 0.6 is 11.3 Å². The predicted molar refractivity (Wildman–Crippen MR) is 120 cm³/mol. The van der Waals surface area contributed by atoms with Gasteiger partial charge in [-0.25, -0.2) is 4.40 Å². The lowest BCUT2D eigenvalue weighted by molar-refractivity contribution is -0.116. The second-order valence-electron chi connectivity index (χ2n) is 6.86. The molecular weight excluding hydrogens is 396 g/mol. The Morgan fingerprint density at radius 1 is 1.10 bits per heavy atom. The van der Waals surface area contributed by atoms with Crippen LogP contribution in [0.3, 0.4) is 0 Å². The first kappa shape index (κ1) is 19.7. The Kier molecular flexibility index (Phi) is 5.81. The standard InChI is InChI=1S/C23H20N4O2S/c1-16-10-12-18(13-11-16)24-21(28)15-14-20-25-26-23-27(20)22(29)19(30-23)9-5-8-17-6-3-2-4-7-17/h2-13H,14-15H2,1H3,(H,24,28)/b8-5+,19-9+. The number of thiazole rings is 1. The van der Waals surface area contributed by atoms with Gasteiger partial charge >= 0.3 is 0 Å². The number of allylic oxidation sites excluding steroid dienone is 1. The molecule has 0 atom stereocenters. The quantitative estimate of drug-likeness (QED) is 0.524. The third-order valence-corrected chi connectivity index (χ3v) is 5.54. The Hall–Kier alpha value is -3.58. The smallest absolute Gasteiger partial charge is 0.275 e. The number of hydrogen-bond donors (Lipinski definition) is 1. The van der Waals surface area contributed by atoms with Gasteiger partial charge in [-0.2, -0.15) is 0 Å². The zero-order valence-corrected chi connectivity index (χ0v) is 17.2. The molecule has 6 nitrogen and oxygen atoms in total. The molecule has 1 N–H and O–H groups in total. The number of aromatic nitrogens is 3. The maximum atomic E-state index is 12.7. The first-order valence-corrected chi connectivity index (χ1v) is 10.4. The molecule has 7 heteroatoms. The van der Waals surface area contributed by atoms with Crippen LogP contribution in [0.25, 0.3) is 17.1 Å². The molecule has 2 aromatic heterocycles. The second kappa shape index (κ2) is 8.84. The maximum Gasteiger partial charge on any atom is 0.275 e. The zero-order chi connectivity index (χ0) is 20.9. The summed E-state index contributed by atoms with van der Waals surface area (Å²) in [6, 6.07) is 17.5. The highest BCUT2D eigenvalue weighted by molar-refractivity contribution is 7.15. The van der Waals surface area contributed by atoms with Gasteiger partial charge in [-0.15, -0.1) is 10.2 Å². The van der Waals surface area contributed by atoms with Crippen LogP contribution in [0.2, 0.25) is 0 Å². The number of fused-ring (bicyclic) bond motifs is 1. The molecule has 0 saturated heterocycles. The Morgan fingerprint density at radius 3 is 2.63 bits per heavy atom. The summed E-state index contributed by atoms with van der Waals surface area (Å²) in [7, 11) is 0. The zero-order valence-electron chi connectivity index (χ0n) is 16.4. The van der Waals surface area contributed by atoms with Gasteiger partial charge in [-0.3, -0.25) is 9.59 Å². The van der Waals surface area contributed by atoms with E-state index in [1.165, 1.54) is 15.7 Å². The van der Waals surface area contributed by atoms with Crippen molar-refractivity contribution in [3.63, 3.8) is 0 Å². The van der Waals surface area contributed by atoms with Crippen molar-refractivity contribution in [3.05, 3.63) is 92.5 Å². The molecule has 0 saturated carbocycles. The molecule has 4 rings (SSSR count). The van der Waals surface area contributed by atoms with Gasteiger partial charge < -0.3 is 5.32 Å². The minimum Gasteiger partial charge on any atom is -0.326 e. The van der Waals surface area contributed by atoms with Crippen molar-refractivity contribution < 1.29 is 4.79 Å². The highest BCUT2D eigenvalue weighted by Crippen LogP contribution is 2.10. The summed E-state index contributed by atoms with van der Waals surface area (Å²) in [4.78, 5) is 25.5. The van der Waals surface area contributed by atoms with Crippen LogP contribution in [0.1, 0.15) is 23.4 Å². The van der Waals surface area contributed by atoms with Crippen LogP contribution < -0.4 is 15.4 Å². The van der Waals surface area contributed by atoms with E-state index in [1.807, 2.05) is 73.7 Å². The molecule has 2 heterocycles. The van der Waals surface area contributed by atoms with Crippen LogP contribution in [-0.4, -0.2) is 20.5 Å². The first-order valence-electron chi connectivity index (χ1n) is 9.57. The molecule has 0 spiro atoms. The number of nitrogens with zero attached hydrogens (tertiary/aromatic N) is 3. The number of nitrogens with one attached hydrogen (secondary N) is 1. The van der Waals surface area contributed by atoms with Crippen LogP contribution in [0.5, 0.6) is 0 Å². The minimum atomic E-state index is -0.161. The van der Waals surface area contributed by atoms with Crippen molar-refractivity contribution in [2.75, 3.05) is 5.32 Å². The van der Waals surface area contributed by atoms with E-state index in [0.717, 1.165) is 16.8 Å². The molecule has 0 radical (unpaired) electrons. The van der Waals surface area contributed by atoms with E-state index in [9.17, 15) is 9.59 Å². The van der Waals surface area contributed by atoms with Gasteiger partial charge in [0.1, 0.15) is 5.82 Å². The van der Waals surface area contributed by atoms with Gasteiger partial charge in [-0.1, -0.05) is 71.5 Å². The molecule has 150 valence electrons. The molecule has 4 aromatic rings. The van der Waals surface area contributed by atoms with Crippen molar-refractivity contribution in [2.45, 2.75) is 19.8 Å².